The van der Waals surface area contributed by atoms with Crippen molar-refractivity contribution in [2.24, 2.45) is 0 Å². The molecule has 31 heavy (non-hydrogen) atoms. The van der Waals surface area contributed by atoms with Crippen molar-refractivity contribution in [1.82, 2.24) is 20.3 Å². The Morgan fingerprint density at radius 2 is 1.97 bits per heavy atom. The van der Waals surface area contributed by atoms with Crippen LogP contribution in [-0.2, 0) is 17.5 Å². The summed E-state index contributed by atoms with van der Waals surface area (Å²) in [4.78, 5) is 22.4. The molecular weight excluding hydrogens is 420 g/mol. The van der Waals surface area contributed by atoms with Crippen LogP contribution in [0.3, 0.4) is 0 Å². The first-order valence-corrected chi connectivity index (χ1v) is 9.04. The van der Waals surface area contributed by atoms with E-state index in [1.165, 1.54) is 13.2 Å². The molecule has 0 aliphatic heterocycles. The molecule has 0 aliphatic rings. The molecule has 0 radical (unpaired) electrons. The quantitative estimate of drug-likeness (QED) is 0.415. The number of pyridine rings is 2. The van der Waals surface area contributed by atoms with Crippen LogP contribution in [0.4, 0.5) is 17.6 Å². The molecule has 0 bridgehead atoms. The number of amides is 1. The van der Waals surface area contributed by atoms with Crippen LogP contribution in [0.5, 0.6) is 5.88 Å². The van der Waals surface area contributed by atoms with Crippen molar-refractivity contribution in [3.63, 3.8) is 0 Å². The molecule has 0 saturated carbocycles. The molecule has 0 aromatic carbocycles. The van der Waals surface area contributed by atoms with Crippen LogP contribution in [0.1, 0.15) is 21.9 Å². The van der Waals surface area contributed by atoms with Crippen LogP contribution in [0.2, 0.25) is 0 Å². The lowest BCUT2D eigenvalue weighted by Crippen LogP contribution is -2.23. The first-order chi connectivity index (χ1) is 14.8. The normalized spacial score (nSPS) is 11.4. The average molecular weight is 438 g/mol. The number of H-pyrrole nitrogens is 1. The number of aromatic amines is 1. The summed E-state index contributed by atoms with van der Waals surface area (Å²) in [5, 5.41) is 2.59. The van der Waals surface area contributed by atoms with Crippen molar-refractivity contribution in [1.29, 1.82) is 0 Å². The molecular formula is C20H18F4N4O3. The second-order valence-corrected chi connectivity index (χ2v) is 6.37. The van der Waals surface area contributed by atoms with Gasteiger partial charge >= 0.3 is 6.18 Å². The Kier molecular flexibility index (Phi) is 6.85. The summed E-state index contributed by atoms with van der Waals surface area (Å²) in [7, 11) is 1.51. The predicted octanol–water partition coefficient (Wildman–Crippen LogP) is 3.58. The highest BCUT2D eigenvalue weighted by Gasteiger charge is 2.32. The highest BCUT2D eigenvalue weighted by molar-refractivity contribution is 5.92. The highest BCUT2D eigenvalue weighted by atomic mass is 19.4. The number of aromatic nitrogens is 3. The Morgan fingerprint density at radius 1 is 1.16 bits per heavy atom. The first-order valence-electron chi connectivity index (χ1n) is 9.04. The molecule has 0 aliphatic carbocycles. The molecule has 1 amide bonds. The number of carbonyl (C=O) groups excluding carboxylic acids is 1. The van der Waals surface area contributed by atoms with E-state index in [1.807, 2.05) is 0 Å². The van der Waals surface area contributed by atoms with Crippen LogP contribution < -0.4 is 10.1 Å². The number of nitrogens with one attached hydrogen (secondary N) is 2. The number of carbonyl (C=O) groups is 1. The molecule has 3 aromatic rings. The summed E-state index contributed by atoms with van der Waals surface area (Å²) in [6, 6.07) is 6.34. The number of hydrogen-bond acceptors (Lipinski definition) is 5. The number of rotatable bonds is 8. The Hall–Kier alpha value is -3.47. The van der Waals surface area contributed by atoms with Crippen molar-refractivity contribution >= 4 is 5.91 Å². The average Bonchev–Trinajstić information content (AvgIpc) is 3.18. The van der Waals surface area contributed by atoms with Gasteiger partial charge in [0.15, 0.2) is 0 Å². The third kappa shape index (κ3) is 6.01. The van der Waals surface area contributed by atoms with E-state index in [-0.39, 0.29) is 24.7 Å². The van der Waals surface area contributed by atoms with E-state index in [9.17, 15) is 22.4 Å². The smallest absolute Gasteiger partial charge is 0.433 e. The molecule has 11 heteroatoms. The maximum atomic E-state index is 13.1. The lowest BCUT2D eigenvalue weighted by molar-refractivity contribution is -0.141. The zero-order chi connectivity index (χ0) is 22.4. The Labute approximate surface area is 174 Å². The van der Waals surface area contributed by atoms with E-state index in [2.05, 4.69) is 20.3 Å². The number of ether oxygens (including phenoxy) is 2. The Balaban J connectivity index is 1.82. The maximum Gasteiger partial charge on any atom is 0.433 e. The molecule has 3 aromatic heterocycles. The third-order valence-corrected chi connectivity index (χ3v) is 4.10. The minimum absolute atomic E-state index is 0.0258. The lowest BCUT2D eigenvalue weighted by atomic mass is 10.1. The molecule has 0 unspecified atom stereocenters. The largest absolute Gasteiger partial charge is 0.475 e. The van der Waals surface area contributed by atoms with Gasteiger partial charge in [0.25, 0.3) is 5.91 Å². The van der Waals surface area contributed by atoms with Crippen LogP contribution in [0.25, 0.3) is 11.1 Å². The third-order valence-electron chi connectivity index (χ3n) is 4.10. The van der Waals surface area contributed by atoms with Gasteiger partial charge in [0.05, 0.1) is 18.8 Å². The van der Waals surface area contributed by atoms with Gasteiger partial charge in [-0.3, -0.25) is 9.78 Å². The van der Waals surface area contributed by atoms with Crippen molar-refractivity contribution in [2.75, 3.05) is 20.3 Å². The fourth-order valence-electron chi connectivity index (χ4n) is 2.62. The van der Waals surface area contributed by atoms with Gasteiger partial charge in [-0.2, -0.15) is 13.2 Å². The van der Waals surface area contributed by atoms with Gasteiger partial charge in [-0.1, -0.05) is 6.07 Å². The van der Waals surface area contributed by atoms with Crippen molar-refractivity contribution < 1.29 is 31.8 Å². The van der Waals surface area contributed by atoms with Crippen LogP contribution >= 0.6 is 0 Å². The van der Waals surface area contributed by atoms with E-state index in [0.717, 1.165) is 24.5 Å². The number of methoxy groups -OCH3 is 1. The van der Waals surface area contributed by atoms with Crippen molar-refractivity contribution in [2.45, 2.75) is 12.7 Å². The minimum atomic E-state index is -4.54. The molecule has 7 nitrogen and oxygen atoms in total. The van der Waals surface area contributed by atoms with E-state index < -0.39 is 23.6 Å². The minimum Gasteiger partial charge on any atom is -0.475 e. The number of nitrogens with zero attached hydrogens (tertiary/aromatic N) is 2. The van der Waals surface area contributed by atoms with Crippen LogP contribution in [0.15, 0.2) is 42.7 Å². The summed E-state index contributed by atoms with van der Waals surface area (Å²) in [5.41, 5.74) is 0.319. The fraction of sp³-hybridized carbons (Fsp3) is 0.250. The molecule has 0 atom stereocenters. The van der Waals surface area contributed by atoms with Gasteiger partial charge in [0.2, 0.25) is 5.88 Å². The molecule has 164 valence electrons. The monoisotopic (exact) mass is 438 g/mol. The SMILES string of the molecule is COCCOc1cc(-c2ccc(C(F)(F)F)nc2)cc(CNC(=O)c2cc(F)c[nH]2)n1. The highest BCUT2D eigenvalue weighted by Crippen LogP contribution is 2.30. The second kappa shape index (κ2) is 9.56. The van der Waals surface area contributed by atoms with Gasteiger partial charge in [0.1, 0.15) is 23.8 Å². The number of hydrogen-bond donors (Lipinski definition) is 2. The van der Waals surface area contributed by atoms with E-state index in [1.54, 1.807) is 12.1 Å². The topological polar surface area (TPSA) is 89.1 Å². The summed E-state index contributed by atoms with van der Waals surface area (Å²) in [5.74, 6) is -0.923. The van der Waals surface area contributed by atoms with Crippen LogP contribution in [-0.4, -0.2) is 41.2 Å². The van der Waals surface area contributed by atoms with Gasteiger partial charge in [-0.25, -0.2) is 9.37 Å². The van der Waals surface area contributed by atoms with Crippen molar-refractivity contribution in [3.05, 3.63) is 65.6 Å². The number of halogens is 4. The Morgan fingerprint density at radius 3 is 2.58 bits per heavy atom. The molecule has 0 fully saturated rings. The van der Waals surface area contributed by atoms with Gasteiger partial charge < -0.3 is 19.8 Å². The fourth-order valence-corrected chi connectivity index (χ4v) is 2.62. The molecule has 0 saturated heterocycles. The van der Waals surface area contributed by atoms with E-state index in [4.69, 9.17) is 9.47 Å². The second-order valence-electron chi connectivity index (χ2n) is 6.37. The number of alkyl halides is 3. The zero-order valence-electron chi connectivity index (χ0n) is 16.3. The predicted molar refractivity (Wildman–Crippen MR) is 102 cm³/mol. The van der Waals surface area contributed by atoms with Gasteiger partial charge in [-0.15, -0.1) is 0 Å². The molecule has 3 rings (SSSR count). The summed E-state index contributed by atoms with van der Waals surface area (Å²) in [6.07, 6.45) is -2.40. The van der Waals surface area contributed by atoms with Crippen LogP contribution in [0, 0.1) is 5.82 Å². The summed E-state index contributed by atoms with van der Waals surface area (Å²) >= 11 is 0. The van der Waals surface area contributed by atoms with Gasteiger partial charge in [0, 0.05) is 37.2 Å². The van der Waals surface area contributed by atoms with E-state index in [0.29, 0.717) is 23.4 Å². The van der Waals surface area contributed by atoms with E-state index >= 15 is 0 Å². The Bertz CT molecular complexity index is 1040. The summed E-state index contributed by atoms with van der Waals surface area (Å²) < 4.78 is 61.8. The van der Waals surface area contributed by atoms with Crippen molar-refractivity contribution in [3.8, 4) is 17.0 Å². The maximum absolute atomic E-state index is 13.1. The summed E-state index contributed by atoms with van der Waals surface area (Å²) in [6.45, 7) is 0.478. The molecule has 0 spiro atoms. The molecule has 2 N–H and O–H groups in total. The lowest BCUT2D eigenvalue weighted by Gasteiger charge is -2.12. The molecule has 3 heterocycles. The standard InChI is InChI=1S/C20H18F4N4O3/c1-30-4-5-31-18-7-13(12-2-3-17(26-9-12)20(22,23)24)6-15(28-18)11-27-19(29)16-8-14(21)10-25-16/h2-3,6-10,25H,4-5,11H2,1H3,(H,27,29). The first kappa shape index (κ1) is 22.2. The zero-order valence-corrected chi connectivity index (χ0v) is 16.3. The van der Waals surface area contributed by atoms with Gasteiger partial charge in [-0.05, 0) is 17.7 Å².